The Morgan fingerprint density at radius 1 is 1.11 bits per heavy atom. The van der Waals surface area contributed by atoms with Gasteiger partial charge in [0.1, 0.15) is 11.6 Å². The molecule has 0 saturated carbocycles. The summed E-state index contributed by atoms with van der Waals surface area (Å²) in [5, 5.41) is 2.45. The Bertz CT molecular complexity index is 989. The summed E-state index contributed by atoms with van der Waals surface area (Å²) in [5.41, 5.74) is 1.38. The van der Waals surface area contributed by atoms with Gasteiger partial charge in [0.15, 0.2) is 11.6 Å². The largest absolute Gasteiger partial charge is 0.453 e. The molecule has 1 N–H and O–H groups in total. The maximum Gasteiger partial charge on any atom is 0.248 e. The van der Waals surface area contributed by atoms with Gasteiger partial charge in [0.05, 0.1) is 11.9 Å². The zero-order valence-corrected chi connectivity index (χ0v) is 14.4. The lowest BCUT2D eigenvalue weighted by Gasteiger charge is -2.07. The Hall–Kier alpha value is -3.54. The average molecular weight is 366 g/mol. The van der Waals surface area contributed by atoms with Crippen molar-refractivity contribution in [3.63, 3.8) is 0 Å². The number of amides is 1. The maximum atomic E-state index is 14.2. The van der Waals surface area contributed by atoms with Gasteiger partial charge >= 0.3 is 0 Å². The van der Waals surface area contributed by atoms with E-state index in [9.17, 15) is 13.6 Å². The minimum absolute atomic E-state index is 0.0476. The van der Waals surface area contributed by atoms with Crippen LogP contribution in [0.5, 0.6) is 11.5 Å². The van der Waals surface area contributed by atoms with Gasteiger partial charge in [0.2, 0.25) is 5.91 Å². The van der Waals surface area contributed by atoms with Gasteiger partial charge in [0, 0.05) is 12.3 Å². The van der Waals surface area contributed by atoms with Crippen molar-refractivity contribution >= 4 is 17.7 Å². The van der Waals surface area contributed by atoms with Gasteiger partial charge in [-0.2, -0.15) is 0 Å². The number of carbonyl (C=O) groups is 1. The second kappa shape index (κ2) is 8.23. The first-order chi connectivity index (χ1) is 13.0. The fourth-order valence-corrected chi connectivity index (χ4v) is 2.32. The second-order valence-electron chi connectivity index (χ2n) is 5.79. The molecule has 4 nitrogen and oxygen atoms in total. The molecule has 136 valence electrons. The van der Waals surface area contributed by atoms with Crippen molar-refractivity contribution in [1.82, 2.24) is 4.98 Å². The molecule has 0 aliphatic rings. The smallest absolute Gasteiger partial charge is 0.248 e. The zero-order valence-electron chi connectivity index (χ0n) is 14.4. The number of benzene rings is 2. The summed E-state index contributed by atoms with van der Waals surface area (Å²) >= 11 is 0. The standard InChI is InChI=1S/C21H16F2N2O2/c1-14-4-7-17(22)19(11-14)25-21(26)9-6-15-5-8-20(18(23)12-15)27-16-3-2-10-24-13-16/h2-13H,1H3,(H,25,26)/b9-6+. The predicted octanol–water partition coefficient (Wildman–Crippen LogP) is 5.11. The Labute approximate surface area is 155 Å². The lowest BCUT2D eigenvalue weighted by Crippen LogP contribution is -2.09. The summed E-state index contributed by atoms with van der Waals surface area (Å²) in [7, 11) is 0. The molecule has 2 aromatic carbocycles. The van der Waals surface area contributed by atoms with Gasteiger partial charge < -0.3 is 10.1 Å². The van der Waals surface area contributed by atoms with Crippen LogP contribution in [-0.4, -0.2) is 10.9 Å². The van der Waals surface area contributed by atoms with Crippen LogP contribution in [0.3, 0.4) is 0 Å². The average Bonchev–Trinajstić information content (AvgIpc) is 2.66. The molecule has 0 fully saturated rings. The number of anilines is 1. The summed E-state index contributed by atoms with van der Waals surface area (Å²) in [6, 6.07) is 12.1. The van der Waals surface area contributed by atoms with Gasteiger partial charge in [-0.05, 0) is 60.5 Å². The second-order valence-corrected chi connectivity index (χ2v) is 5.79. The monoisotopic (exact) mass is 366 g/mol. The van der Waals surface area contributed by atoms with Crippen LogP contribution in [0.25, 0.3) is 6.08 Å². The van der Waals surface area contributed by atoms with Crippen molar-refractivity contribution in [3.8, 4) is 11.5 Å². The van der Waals surface area contributed by atoms with E-state index in [1.165, 1.54) is 42.6 Å². The van der Waals surface area contributed by atoms with Gasteiger partial charge in [-0.3, -0.25) is 9.78 Å². The van der Waals surface area contributed by atoms with Crippen molar-refractivity contribution in [2.24, 2.45) is 0 Å². The normalized spacial score (nSPS) is 10.8. The number of carbonyl (C=O) groups excluding carboxylic acids is 1. The number of nitrogens with one attached hydrogen (secondary N) is 1. The molecule has 0 radical (unpaired) electrons. The number of hydrogen-bond donors (Lipinski definition) is 1. The molecule has 1 amide bonds. The lowest BCUT2D eigenvalue weighted by atomic mass is 10.2. The molecule has 1 aromatic heterocycles. The third-order valence-corrected chi connectivity index (χ3v) is 3.63. The van der Waals surface area contributed by atoms with Crippen LogP contribution in [-0.2, 0) is 4.79 Å². The van der Waals surface area contributed by atoms with E-state index in [2.05, 4.69) is 10.3 Å². The summed E-state index contributed by atoms with van der Waals surface area (Å²) in [6.45, 7) is 1.79. The molecule has 0 aliphatic heterocycles. The van der Waals surface area contributed by atoms with Crippen LogP contribution in [0, 0.1) is 18.6 Å². The third kappa shape index (κ3) is 4.98. The third-order valence-electron chi connectivity index (χ3n) is 3.63. The van der Waals surface area contributed by atoms with Gasteiger partial charge in [-0.1, -0.05) is 12.1 Å². The quantitative estimate of drug-likeness (QED) is 0.638. The zero-order chi connectivity index (χ0) is 19.2. The number of hydrogen-bond acceptors (Lipinski definition) is 3. The minimum atomic E-state index is -0.578. The number of rotatable bonds is 5. The molecule has 0 saturated heterocycles. The molecule has 0 atom stereocenters. The van der Waals surface area contributed by atoms with E-state index in [0.717, 1.165) is 5.56 Å². The van der Waals surface area contributed by atoms with Crippen LogP contribution in [0.1, 0.15) is 11.1 Å². The van der Waals surface area contributed by atoms with E-state index in [4.69, 9.17) is 4.74 Å². The molecule has 3 rings (SSSR count). The number of pyridine rings is 1. The van der Waals surface area contributed by atoms with Crippen molar-refractivity contribution in [1.29, 1.82) is 0 Å². The van der Waals surface area contributed by atoms with E-state index in [0.29, 0.717) is 11.3 Å². The fourth-order valence-electron chi connectivity index (χ4n) is 2.32. The van der Waals surface area contributed by atoms with Crippen LogP contribution in [0.2, 0.25) is 0 Å². The van der Waals surface area contributed by atoms with E-state index in [1.54, 1.807) is 37.4 Å². The van der Waals surface area contributed by atoms with Gasteiger partial charge in [-0.15, -0.1) is 0 Å². The molecule has 3 aromatic rings. The summed E-state index contributed by atoms with van der Waals surface area (Å²) in [5.74, 6) is -1.15. The minimum Gasteiger partial charge on any atom is -0.453 e. The predicted molar refractivity (Wildman–Crippen MR) is 99.5 cm³/mol. The topological polar surface area (TPSA) is 51.2 Å². The van der Waals surface area contributed by atoms with E-state index in [1.807, 2.05) is 0 Å². The number of ether oxygens (including phenoxy) is 1. The molecule has 0 aliphatic carbocycles. The van der Waals surface area contributed by atoms with Gasteiger partial charge in [0.25, 0.3) is 0 Å². The SMILES string of the molecule is Cc1ccc(F)c(NC(=O)/C=C/c2ccc(Oc3cccnc3)c(F)c2)c1. The van der Waals surface area contributed by atoms with E-state index >= 15 is 0 Å². The van der Waals surface area contributed by atoms with E-state index in [-0.39, 0.29) is 11.4 Å². The molecular weight excluding hydrogens is 350 g/mol. The molecule has 0 unspecified atom stereocenters. The highest BCUT2D eigenvalue weighted by Gasteiger charge is 2.07. The number of halogens is 2. The molecule has 0 bridgehead atoms. The highest BCUT2D eigenvalue weighted by atomic mass is 19.1. The number of nitrogens with zero attached hydrogens (tertiary/aromatic N) is 1. The molecular formula is C21H16F2N2O2. The van der Waals surface area contributed by atoms with Crippen LogP contribution >= 0.6 is 0 Å². The number of aryl methyl sites for hydroxylation is 1. The van der Waals surface area contributed by atoms with Gasteiger partial charge in [-0.25, -0.2) is 8.78 Å². The van der Waals surface area contributed by atoms with Crippen LogP contribution in [0.15, 0.2) is 67.0 Å². The molecule has 6 heteroatoms. The van der Waals surface area contributed by atoms with Crippen molar-refractivity contribution in [2.45, 2.75) is 6.92 Å². The Morgan fingerprint density at radius 3 is 2.70 bits per heavy atom. The first-order valence-electron chi connectivity index (χ1n) is 8.14. The van der Waals surface area contributed by atoms with Crippen LogP contribution in [0.4, 0.5) is 14.5 Å². The highest BCUT2D eigenvalue weighted by Crippen LogP contribution is 2.25. The fraction of sp³-hybridized carbons (Fsp3) is 0.0476. The maximum absolute atomic E-state index is 14.2. The molecule has 1 heterocycles. The Kier molecular flexibility index (Phi) is 5.56. The highest BCUT2D eigenvalue weighted by molar-refractivity contribution is 6.02. The summed E-state index contributed by atoms with van der Waals surface area (Å²) in [4.78, 5) is 15.8. The lowest BCUT2D eigenvalue weighted by molar-refractivity contribution is -0.111. The van der Waals surface area contributed by atoms with Crippen molar-refractivity contribution < 1.29 is 18.3 Å². The van der Waals surface area contributed by atoms with E-state index < -0.39 is 17.5 Å². The van der Waals surface area contributed by atoms with Crippen molar-refractivity contribution in [2.75, 3.05) is 5.32 Å². The summed E-state index contributed by atoms with van der Waals surface area (Å²) < 4.78 is 33.2. The first-order valence-corrected chi connectivity index (χ1v) is 8.14. The Morgan fingerprint density at radius 2 is 1.96 bits per heavy atom. The van der Waals surface area contributed by atoms with Crippen molar-refractivity contribution in [3.05, 3.63) is 89.8 Å². The molecule has 0 spiro atoms. The number of aromatic nitrogens is 1. The Balaban J connectivity index is 1.67. The first kappa shape index (κ1) is 18.3. The molecule has 27 heavy (non-hydrogen) atoms. The summed E-state index contributed by atoms with van der Waals surface area (Å²) in [6.07, 6.45) is 5.70. The van der Waals surface area contributed by atoms with Crippen LogP contribution < -0.4 is 10.1 Å².